The maximum absolute atomic E-state index is 13.0. The highest BCUT2D eigenvalue weighted by Crippen LogP contribution is 2.25. The molecule has 29 heavy (non-hydrogen) atoms. The molecule has 2 heterocycles. The van der Waals surface area contributed by atoms with Crippen molar-refractivity contribution in [3.05, 3.63) is 24.3 Å². The summed E-state index contributed by atoms with van der Waals surface area (Å²) in [5.41, 5.74) is 0. The van der Waals surface area contributed by atoms with Crippen molar-refractivity contribution in [1.82, 2.24) is 14.5 Å². The molecule has 2 fully saturated rings. The standard InChI is InChI=1S/C21H33N3O4S/c1-17(23-13-3-4-14-23)11-12-22-21(25)18-6-5-15-24(16-18)29(26,27)20-9-7-19(28-2)8-10-20/h7-10,17-18H,3-6,11-16H2,1-2H3,(H,22,25)/t17-,18-/m0/s1. The normalized spacial score (nSPS) is 22.3. The van der Waals surface area contributed by atoms with Crippen LogP contribution in [0.25, 0.3) is 0 Å². The molecule has 8 heteroatoms. The van der Waals surface area contributed by atoms with Crippen molar-refractivity contribution in [1.29, 1.82) is 0 Å². The SMILES string of the molecule is COc1ccc(S(=O)(=O)N2CCC[C@H](C(=O)NCC[C@H](C)N3CCCC3)C2)cc1. The van der Waals surface area contributed by atoms with E-state index in [1.54, 1.807) is 31.4 Å². The van der Waals surface area contributed by atoms with E-state index in [1.807, 2.05) is 0 Å². The molecular weight excluding hydrogens is 390 g/mol. The highest BCUT2D eigenvalue weighted by atomic mass is 32.2. The van der Waals surface area contributed by atoms with Crippen LogP contribution in [0.5, 0.6) is 5.75 Å². The van der Waals surface area contributed by atoms with Crippen molar-refractivity contribution >= 4 is 15.9 Å². The number of amides is 1. The van der Waals surface area contributed by atoms with Crippen molar-refractivity contribution in [2.24, 2.45) is 5.92 Å². The molecule has 1 N–H and O–H groups in total. The Hall–Kier alpha value is -1.64. The topological polar surface area (TPSA) is 79.0 Å². The molecule has 1 aromatic rings. The van der Waals surface area contributed by atoms with Gasteiger partial charge in [0.05, 0.1) is 17.9 Å². The number of nitrogens with zero attached hydrogens (tertiary/aromatic N) is 2. The second-order valence-corrected chi connectivity index (χ2v) is 9.99. The average molecular weight is 424 g/mol. The number of nitrogens with one attached hydrogen (secondary N) is 1. The molecule has 3 rings (SSSR count). The van der Waals surface area contributed by atoms with Crippen molar-refractivity contribution in [3.63, 3.8) is 0 Å². The van der Waals surface area contributed by atoms with Gasteiger partial charge in [-0.3, -0.25) is 4.79 Å². The van der Waals surface area contributed by atoms with E-state index in [0.717, 1.165) is 25.9 Å². The van der Waals surface area contributed by atoms with Crippen LogP contribution < -0.4 is 10.1 Å². The van der Waals surface area contributed by atoms with Crippen molar-refractivity contribution in [2.45, 2.75) is 50.0 Å². The van der Waals surface area contributed by atoms with Crippen LogP contribution in [0.15, 0.2) is 29.2 Å². The minimum Gasteiger partial charge on any atom is -0.497 e. The third-order valence-corrected chi connectivity index (χ3v) is 7.96. The lowest BCUT2D eigenvalue weighted by molar-refractivity contribution is -0.126. The van der Waals surface area contributed by atoms with Gasteiger partial charge >= 0.3 is 0 Å². The molecule has 162 valence electrons. The molecule has 7 nitrogen and oxygen atoms in total. The molecule has 0 unspecified atom stereocenters. The first-order chi connectivity index (χ1) is 13.9. The molecule has 0 aromatic heterocycles. The fourth-order valence-corrected chi connectivity index (χ4v) is 5.71. The number of ether oxygens (including phenoxy) is 1. The second kappa shape index (κ2) is 9.91. The average Bonchev–Trinajstić information content (AvgIpc) is 3.29. The molecule has 2 aliphatic heterocycles. The van der Waals surface area contributed by atoms with Crippen LogP contribution >= 0.6 is 0 Å². The van der Waals surface area contributed by atoms with Crippen LogP contribution in [0.4, 0.5) is 0 Å². The Labute approximate surface area is 174 Å². The summed E-state index contributed by atoms with van der Waals surface area (Å²) in [6.45, 7) is 5.83. The lowest BCUT2D eigenvalue weighted by Gasteiger charge is -2.31. The van der Waals surface area contributed by atoms with Crippen LogP contribution in [0.2, 0.25) is 0 Å². The molecule has 1 aromatic carbocycles. The minimum atomic E-state index is -3.61. The summed E-state index contributed by atoms with van der Waals surface area (Å²) in [6, 6.07) is 6.86. The summed E-state index contributed by atoms with van der Waals surface area (Å²) >= 11 is 0. The predicted molar refractivity (Wildman–Crippen MR) is 112 cm³/mol. The Morgan fingerprint density at radius 1 is 1.17 bits per heavy atom. The molecule has 0 aliphatic carbocycles. The van der Waals surface area contributed by atoms with Gasteiger partial charge in [0, 0.05) is 25.7 Å². The highest BCUT2D eigenvalue weighted by molar-refractivity contribution is 7.89. The number of carbonyl (C=O) groups is 1. The van der Waals surface area contributed by atoms with Crippen LogP contribution in [-0.2, 0) is 14.8 Å². The van der Waals surface area contributed by atoms with Gasteiger partial charge in [-0.2, -0.15) is 4.31 Å². The van der Waals surface area contributed by atoms with E-state index in [2.05, 4.69) is 17.1 Å². The minimum absolute atomic E-state index is 0.0340. The summed E-state index contributed by atoms with van der Waals surface area (Å²) in [5.74, 6) is 0.287. The molecule has 2 saturated heterocycles. The number of hydrogen-bond acceptors (Lipinski definition) is 5. The Bertz CT molecular complexity index is 776. The number of hydrogen-bond donors (Lipinski definition) is 1. The van der Waals surface area contributed by atoms with Gasteiger partial charge < -0.3 is 15.0 Å². The first kappa shape index (κ1) is 22.1. The van der Waals surface area contributed by atoms with Gasteiger partial charge in [0.1, 0.15) is 5.75 Å². The highest BCUT2D eigenvalue weighted by Gasteiger charge is 2.33. The smallest absolute Gasteiger partial charge is 0.243 e. The third kappa shape index (κ3) is 5.49. The Balaban J connectivity index is 1.52. The van der Waals surface area contributed by atoms with E-state index in [9.17, 15) is 13.2 Å². The molecule has 0 spiro atoms. The van der Waals surface area contributed by atoms with E-state index in [4.69, 9.17) is 4.74 Å². The monoisotopic (exact) mass is 423 g/mol. The zero-order valence-electron chi connectivity index (χ0n) is 17.5. The van der Waals surface area contributed by atoms with Gasteiger partial charge in [0.15, 0.2) is 0 Å². The number of sulfonamides is 1. The fraction of sp³-hybridized carbons (Fsp3) is 0.667. The van der Waals surface area contributed by atoms with Gasteiger partial charge in [0.2, 0.25) is 15.9 Å². The van der Waals surface area contributed by atoms with Gasteiger partial charge in [-0.15, -0.1) is 0 Å². The summed E-state index contributed by atoms with van der Waals surface area (Å²) in [7, 11) is -2.06. The largest absolute Gasteiger partial charge is 0.497 e. The van der Waals surface area contributed by atoms with Gasteiger partial charge in [-0.25, -0.2) is 8.42 Å². The maximum Gasteiger partial charge on any atom is 0.243 e. The molecule has 2 atom stereocenters. The van der Waals surface area contributed by atoms with E-state index < -0.39 is 10.0 Å². The summed E-state index contributed by atoms with van der Waals surface area (Å²) in [5, 5.41) is 3.03. The number of methoxy groups -OCH3 is 1. The number of rotatable bonds is 8. The first-order valence-electron chi connectivity index (χ1n) is 10.6. The quantitative estimate of drug-likeness (QED) is 0.693. The van der Waals surface area contributed by atoms with E-state index in [-0.39, 0.29) is 23.3 Å². The molecule has 1 amide bonds. The number of likely N-dealkylation sites (tertiary alicyclic amines) is 1. The van der Waals surface area contributed by atoms with Crippen molar-refractivity contribution in [3.8, 4) is 5.75 Å². The van der Waals surface area contributed by atoms with E-state index in [0.29, 0.717) is 31.3 Å². The lowest BCUT2D eigenvalue weighted by atomic mass is 9.99. The van der Waals surface area contributed by atoms with Gasteiger partial charge in [0.25, 0.3) is 0 Å². The molecule has 0 saturated carbocycles. The number of carbonyl (C=O) groups excluding carboxylic acids is 1. The second-order valence-electron chi connectivity index (χ2n) is 8.05. The number of benzene rings is 1. The zero-order valence-corrected chi connectivity index (χ0v) is 18.3. The maximum atomic E-state index is 13.0. The Kier molecular flexibility index (Phi) is 7.54. The fourth-order valence-electron chi connectivity index (χ4n) is 4.19. The van der Waals surface area contributed by atoms with E-state index >= 15 is 0 Å². The van der Waals surface area contributed by atoms with Crippen LogP contribution in [-0.4, -0.2) is 69.4 Å². The van der Waals surface area contributed by atoms with Gasteiger partial charge in [-0.05, 0) is 76.4 Å². The number of piperidine rings is 1. The zero-order chi connectivity index (χ0) is 20.9. The summed E-state index contributed by atoms with van der Waals surface area (Å²) < 4.78 is 32.4. The molecule has 0 radical (unpaired) electrons. The third-order valence-electron chi connectivity index (χ3n) is 6.08. The van der Waals surface area contributed by atoms with Crippen LogP contribution in [0.3, 0.4) is 0 Å². The lowest BCUT2D eigenvalue weighted by Crippen LogP contribution is -2.46. The van der Waals surface area contributed by atoms with Crippen molar-refractivity contribution < 1.29 is 17.9 Å². The summed E-state index contributed by atoms with van der Waals surface area (Å²) in [4.78, 5) is 15.3. The Morgan fingerprint density at radius 2 is 1.86 bits per heavy atom. The Morgan fingerprint density at radius 3 is 2.52 bits per heavy atom. The molecular formula is C21H33N3O4S. The summed E-state index contributed by atoms with van der Waals surface area (Å²) in [6.07, 6.45) is 4.86. The van der Waals surface area contributed by atoms with E-state index in [1.165, 1.54) is 17.1 Å². The van der Waals surface area contributed by atoms with Gasteiger partial charge in [-0.1, -0.05) is 0 Å². The molecule has 0 bridgehead atoms. The predicted octanol–water partition coefficient (Wildman–Crippen LogP) is 2.09. The molecule has 2 aliphatic rings. The first-order valence-corrected chi connectivity index (χ1v) is 12.0. The van der Waals surface area contributed by atoms with Crippen LogP contribution in [0, 0.1) is 5.92 Å². The van der Waals surface area contributed by atoms with Crippen molar-refractivity contribution in [2.75, 3.05) is 39.8 Å². The van der Waals surface area contributed by atoms with Crippen LogP contribution in [0.1, 0.15) is 39.0 Å².